The highest BCUT2D eigenvalue weighted by atomic mass is 19.4. The van der Waals surface area contributed by atoms with Crippen LogP contribution in [0, 0.1) is 21.4 Å². The van der Waals surface area contributed by atoms with E-state index in [0.717, 1.165) is 0 Å². The van der Waals surface area contributed by atoms with Crippen molar-refractivity contribution in [1.29, 1.82) is 5.26 Å². The average molecular weight is 288 g/mol. The zero-order valence-corrected chi connectivity index (χ0v) is 10.0. The van der Waals surface area contributed by atoms with Crippen LogP contribution in [0.5, 0.6) is 0 Å². The van der Waals surface area contributed by atoms with Crippen molar-refractivity contribution in [3.05, 3.63) is 38.9 Å². The summed E-state index contributed by atoms with van der Waals surface area (Å²) in [6.07, 6.45) is -5.01. The molecule has 0 spiro atoms. The lowest BCUT2D eigenvalue weighted by molar-refractivity contribution is -0.388. The molecule has 0 amide bonds. The molecule has 106 valence electrons. The zero-order chi connectivity index (χ0) is 15.5. The van der Waals surface area contributed by atoms with E-state index >= 15 is 0 Å². The molecule has 0 atom stereocenters. The molecular weight excluding hydrogens is 281 g/mol. The number of carbonyl (C=O) groups is 1. The highest BCUT2D eigenvalue weighted by Crippen LogP contribution is 2.39. The van der Waals surface area contributed by atoms with Crippen LogP contribution in [0.1, 0.15) is 28.4 Å². The summed E-state index contributed by atoms with van der Waals surface area (Å²) in [7, 11) is 0. The highest BCUT2D eigenvalue weighted by molar-refractivity contribution is 5.94. The SMILES string of the molecule is CCOC(=O)c1ccc(C(F)(F)F)c([N+](=O)[O-])c1C#N. The second-order valence-electron chi connectivity index (χ2n) is 3.47. The van der Waals surface area contributed by atoms with Gasteiger partial charge in [0.1, 0.15) is 17.2 Å². The topological polar surface area (TPSA) is 93.2 Å². The van der Waals surface area contributed by atoms with Crippen molar-refractivity contribution in [2.45, 2.75) is 13.1 Å². The van der Waals surface area contributed by atoms with Gasteiger partial charge in [-0.15, -0.1) is 0 Å². The highest BCUT2D eigenvalue weighted by Gasteiger charge is 2.41. The third kappa shape index (κ3) is 2.85. The number of ether oxygens (including phenoxy) is 1. The first kappa shape index (κ1) is 15.4. The third-order valence-corrected chi connectivity index (χ3v) is 2.27. The van der Waals surface area contributed by atoms with Gasteiger partial charge in [0.15, 0.2) is 0 Å². The van der Waals surface area contributed by atoms with E-state index in [2.05, 4.69) is 4.74 Å². The lowest BCUT2D eigenvalue weighted by Gasteiger charge is -2.10. The monoisotopic (exact) mass is 288 g/mol. The first-order valence-electron chi connectivity index (χ1n) is 5.19. The summed E-state index contributed by atoms with van der Waals surface area (Å²) in [4.78, 5) is 20.9. The number of esters is 1. The van der Waals surface area contributed by atoms with Crippen molar-refractivity contribution >= 4 is 11.7 Å². The second kappa shape index (κ2) is 5.56. The molecule has 0 N–H and O–H groups in total. The Hall–Kier alpha value is -2.63. The van der Waals surface area contributed by atoms with E-state index in [4.69, 9.17) is 5.26 Å². The fourth-order valence-electron chi connectivity index (χ4n) is 1.50. The van der Waals surface area contributed by atoms with Gasteiger partial charge in [-0.05, 0) is 19.1 Å². The van der Waals surface area contributed by atoms with Crippen molar-refractivity contribution in [3.8, 4) is 6.07 Å². The third-order valence-electron chi connectivity index (χ3n) is 2.27. The van der Waals surface area contributed by atoms with Gasteiger partial charge < -0.3 is 4.74 Å². The minimum Gasteiger partial charge on any atom is -0.462 e. The standard InChI is InChI=1S/C11H7F3N2O4/c1-2-20-10(17)6-3-4-8(11(12,13)14)9(16(18)19)7(6)5-15/h3-4H,2H2,1H3. The summed E-state index contributed by atoms with van der Waals surface area (Å²) in [6, 6.07) is 2.32. The molecule has 0 saturated carbocycles. The van der Waals surface area contributed by atoms with E-state index in [-0.39, 0.29) is 6.61 Å². The van der Waals surface area contributed by atoms with Crippen LogP contribution in [0.25, 0.3) is 0 Å². The first-order valence-corrected chi connectivity index (χ1v) is 5.19. The maximum absolute atomic E-state index is 12.7. The van der Waals surface area contributed by atoms with Crippen molar-refractivity contribution in [1.82, 2.24) is 0 Å². The van der Waals surface area contributed by atoms with Crippen LogP contribution in [-0.4, -0.2) is 17.5 Å². The van der Waals surface area contributed by atoms with Crippen LogP contribution in [-0.2, 0) is 10.9 Å². The number of halogens is 3. The summed E-state index contributed by atoms with van der Waals surface area (Å²) >= 11 is 0. The number of hydrogen-bond acceptors (Lipinski definition) is 5. The molecule has 1 aromatic carbocycles. The fourth-order valence-corrected chi connectivity index (χ4v) is 1.50. The Labute approximate surface area is 110 Å². The van der Waals surface area contributed by atoms with Crippen molar-refractivity contribution < 1.29 is 27.6 Å². The molecule has 0 heterocycles. The predicted molar refractivity (Wildman–Crippen MR) is 58.8 cm³/mol. The Kier molecular flexibility index (Phi) is 4.29. The van der Waals surface area contributed by atoms with Gasteiger partial charge in [-0.25, -0.2) is 4.79 Å². The number of rotatable bonds is 3. The number of hydrogen-bond donors (Lipinski definition) is 0. The number of alkyl halides is 3. The Morgan fingerprint density at radius 3 is 2.50 bits per heavy atom. The molecule has 6 nitrogen and oxygen atoms in total. The van der Waals surface area contributed by atoms with Gasteiger partial charge in [-0.2, -0.15) is 18.4 Å². The minimum atomic E-state index is -5.01. The first-order chi connectivity index (χ1) is 9.23. The van der Waals surface area contributed by atoms with Crippen molar-refractivity contribution in [3.63, 3.8) is 0 Å². The van der Waals surface area contributed by atoms with E-state index in [1.165, 1.54) is 13.0 Å². The smallest absolute Gasteiger partial charge is 0.423 e. The van der Waals surface area contributed by atoms with Gasteiger partial charge in [-0.1, -0.05) is 0 Å². The van der Waals surface area contributed by atoms with Gasteiger partial charge in [0, 0.05) is 0 Å². The Balaban J connectivity index is 3.64. The molecule has 0 aliphatic heterocycles. The summed E-state index contributed by atoms with van der Waals surface area (Å²) in [5.41, 5.74) is -4.59. The Morgan fingerprint density at radius 2 is 2.10 bits per heavy atom. The maximum atomic E-state index is 12.7. The quantitative estimate of drug-likeness (QED) is 0.484. The minimum absolute atomic E-state index is 0.0848. The lowest BCUT2D eigenvalue weighted by Crippen LogP contribution is -2.14. The van der Waals surface area contributed by atoms with Gasteiger partial charge in [0.05, 0.1) is 17.1 Å². The van der Waals surface area contributed by atoms with Gasteiger partial charge in [0.25, 0.3) is 5.69 Å². The number of nitro benzene ring substituents is 1. The van der Waals surface area contributed by atoms with E-state index in [1.54, 1.807) is 0 Å². The van der Waals surface area contributed by atoms with Crippen LogP contribution in [0.3, 0.4) is 0 Å². The Bertz CT molecular complexity index is 605. The normalized spacial score (nSPS) is 10.8. The molecular formula is C11H7F3N2O4. The zero-order valence-electron chi connectivity index (χ0n) is 10.0. The summed E-state index contributed by atoms with van der Waals surface area (Å²) in [5.74, 6) is -1.10. The van der Waals surface area contributed by atoms with E-state index < -0.39 is 39.4 Å². The van der Waals surface area contributed by atoms with Crippen LogP contribution in [0.2, 0.25) is 0 Å². The molecule has 0 aliphatic rings. The molecule has 1 aromatic rings. The van der Waals surface area contributed by atoms with Gasteiger partial charge >= 0.3 is 12.1 Å². The molecule has 20 heavy (non-hydrogen) atoms. The van der Waals surface area contributed by atoms with Crippen molar-refractivity contribution in [2.75, 3.05) is 6.61 Å². The molecule has 0 radical (unpaired) electrons. The molecule has 0 fully saturated rings. The Morgan fingerprint density at radius 1 is 1.50 bits per heavy atom. The summed E-state index contributed by atoms with van der Waals surface area (Å²) in [5, 5.41) is 19.6. The maximum Gasteiger partial charge on any atom is 0.423 e. The van der Waals surface area contributed by atoms with Crippen molar-refractivity contribution in [2.24, 2.45) is 0 Å². The van der Waals surface area contributed by atoms with Crippen LogP contribution >= 0.6 is 0 Å². The van der Waals surface area contributed by atoms with Crippen LogP contribution in [0.15, 0.2) is 12.1 Å². The average Bonchev–Trinajstić information content (AvgIpc) is 2.35. The number of nitrogens with zero attached hydrogens (tertiary/aromatic N) is 2. The number of nitriles is 1. The predicted octanol–water partition coefficient (Wildman–Crippen LogP) is 2.66. The molecule has 9 heteroatoms. The number of benzene rings is 1. The summed E-state index contributed by atoms with van der Waals surface area (Å²) in [6.45, 7) is 1.36. The van der Waals surface area contributed by atoms with Gasteiger partial charge in [0.2, 0.25) is 0 Å². The number of carbonyl (C=O) groups excluding carboxylic acids is 1. The molecule has 0 aliphatic carbocycles. The van der Waals surface area contributed by atoms with E-state index in [9.17, 15) is 28.1 Å². The molecule has 0 aromatic heterocycles. The van der Waals surface area contributed by atoms with E-state index in [0.29, 0.717) is 12.1 Å². The molecule has 0 bridgehead atoms. The van der Waals surface area contributed by atoms with Crippen LogP contribution < -0.4 is 0 Å². The van der Waals surface area contributed by atoms with Crippen LogP contribution in [0.4, 0.5) is 18.9 Å². The number of nitro groups is 1. The summed E-state index contributed by atoms with van der Waals surface area (Å²) < 4.78 is 42.6. The molecule has 1 rings (SSSR count). The molecule has 0 unspecified atom stereocenters. The molecule has 0 saturated heterocycles. The van der Waals surface area contributed by atoms with E-state index in [1.807, 2.05) is 0 Å². The second-order valence-corrected chi connectivity index (χ2v) is 3.47. The largest absolute Gasteiger partial charge is 0.462 e. The van der Waals surface area contributed by atoms with Gasteiger partial charge in [-0.3, -0.25) is 10.1 Å². The lowest BCUT2D eigenvalue weighted by atomic mass is 10.0. The fraction of sp³-hybridized carbons (Fsp3) is 0.273.